The van der Waals surface area contributed by atoms with Crippen LogP contribution in [0.1, 0.15) is 38.5 Å². The Morgan fingerprint density at radius 2 is 2.06 bits per heavy atom. The second kappa shape index (κ2) is 6.45. The summed E-state index contributed by atoms with van der Waals surface area (Å²) in [6, 6.07) is 0.1000. The van der Waals surface area contributed by atoms with Crippen LogP contribution in [0.3, 0.4) is 0 Å². The fraction of sp³-hybridized carbons (Fsp3) is 0.917. The topological polar surface area (TPSA) is 32.3 Å². The maximum absolute atomic E-state index is 12.0. The van der Waals surface area contributed by atoms with Gasteiger partial charge in [0.15, 0.2) is 0 Å². The highest BCUT2D eigenvalue weighted by atomic mass is 35.5. The lowest BCUT2D eigenvalue weighted by Crippen LogP contribution is -2.47. The quantitative estimate of drug-likeness (QED) is 0.821. The molecule has 1 N–H and O–H groups in total. The highest BCUT2D eigenvalue weighted by Crippen LogP contribution is 2.32. The van der Waals surface area contributed by atoms with Gasteiger partial charge in [0.1, 0.15) is 0 Å². The SMILES string of the molecule is CN(CCC1CC1)C(=O)C1CCCCN1.Cl. The van der Waals surface area contributed by atoms with Gasteiger partial charge >= 0.3 is 0 Å². The highest BCUT2D eigenvalue weighted by Gasteiger charge is 2.26. The van der Waals surface area contributed by atoms with Crippen molar-refractivity contribution in [1.29, 1.82) is 0 Å². The van der Waals surface area contributed by atoms with Crippen LogP contribution in [0.4, 0.5) is 0 Å². The van der Waals surface area contributed by atoms with Gasteiger partial charge in [-0.1, -0.05) is 19.3 Å². The predicted octanol–water partition coefficient (Wildman–Crippen LogP) is 1.81. The van der Waals surface area contributed by atoms with Crippen LogP contribution in [0.25, 0.3) is 0 Å². The Labute approximate surface area is 104 Å². The van der Waals surface area contributed by atoms with Crippen molar-refractivity contribution in [1.82, 2.24) is 10.2 Å². The Hall–Kier alpha value is -0.280. The molecule has 1 aliphatic heterocycles. The van der Waals surface area contributed by atoms with E-state index in [4.69, 9.17) is 0 Å². The summed E-state index contributed by atoms with van der Waals surface area (Å²) in [4.78, 5) is 13.9. The van der Waals surface area contributed by atoms with E-state index >= 15 is 0 Å². The molecule has 0 aromatic rings. The van der Waals surface area contributed by atoms with Gasteiger partial charge in [0, 0.05) is 13.6 Å². The van der Waals surface area contributed by atoms with Gasteiger partial charge in [-0.15, -0.1) is 12.4 Å². The van der Waals surface area contributed by atoms with Gasteiger partial charge < -0.3 is 10.2 Å². The second-order valence-electron chi connectivity index (χ2n) is 4.99. The first-order valence-corrected chi connectivity index (χ1v) is 6.26. The zero-order valence-electron chi connectivity index (χ0n) is 10.1. The fourth-order valence-electron chi connectivity index (χ4n) is 2.22. The zero-order valence-corrected chi connectivity index (χ0v) is 10.9. The maximum atomic E-state index is 12.0. The summed E-state index contributed by atoms with van der Waals surface area (Å²) in [5.41, 5.74) is 0. The molecule has 1 amide bonds. The molecule has 1 atom stereocenters. The third kappa shape index (κ3) is 3.95. The van der Waals surface area contributed by atoms with E-state index in [-0.39, 0.29) is 18.4 Å². The standard InChI is InChI=1S/C12H22N2O.ClH/c1-14(9-7-10-5-6-10)12(15)11-4-2-3-8-13-11;/h10-11,13H,2-9H2,1H3;1H. The third-order valence-electron chi connectivity index (χ3n) is 3.55. The molecule has 2 aliphatic rings. The fourth-order valence-corrected chi connectivity index (χ4v) is 2.22. The zero-order chi connectivity index (χ0) is 10.7. The number of halogens is 1. The van der Waals surface area contributed by atoms with Crippen molar-refractivity contribution in [3.05, 3.63) is 0 Å². The maximum Gasteiger partial charge on any atom is 0.239 e. The van der Waals surface area contributed by atoms with Crippen molar-refractivity contribution < 1.29 is 4.79 Å². The van der Waals surface area contributed by atoms with Crippen LogP contribution in [-0.4, -0.2) is 37.0 Å². The molecule has 0 aromatic carbocycles. The summed E-state index contributed by atoms with van der Waals surface area (Å²) >= 11 is 0. The summed E-state index contributed by atoms with van der Waals surface area (Å²) in [5, 5.41) is 3.31. The second-order valence-corrected chi connectivity index (χ2v) is 4.99. The molecule has 0 radical (unpaired) electrons. The minimum atomic E-state index is 0. The Kier molecular flexibility index (Phi) is 5.56. The molecule has 1 unspecified atom stereocenters. The van der Waals surface area contributed by atoms with Crippen molar-refractivity contribution in [2.45, 2.75) is 44.6 Å². The molecule has 2 fully saturated rings. The van der Waals surface area contributed by atoms with Crippen LogP contribution in [0.15, 0.2) is 0 Å². The minimum Gasteiger partial charge on any atom is -0.344 e. The molecule has 16 heavy (non-hydrogen) atoms. The number of nitrogens with zero attached hydrogens (tertiary/aromatic N) is 1. The van der Waals surface area contributed by atoms with Crippen LogP contribution in [0.5, 0.6) is 0 Å². The van der Waals surface area contributed by atoms with Crippen LogP contribution in [-0.2, 0) is 4.79 Å². The molecular weight excluding hydrogens is 224 g/mol. The number of amides is 1. The number of likely N-dealkylation sites (N-methyl/N-ethyl adjacent to an activating group) is 1. The van der Waals surface area contributed by atoms with Crippen LogP contribution < -0.4 is 5.32 Å². The number of hydrogen-bond donors (Lipinski definition) is 1. The average molecular weight is 247 g/mol. The van der Waals surface area contributed by atoms with Gasteiger partial charge in [-0.05, 0) is 31.7 Å². The average Bonchev–Trinajstić information content (AvgIpc) is 3.10. The van der Waals surface area contributed by atoms with Crippen LogP contribution >= 0.6 is 12.4 Å². The lowest BCUT2D eigenvalue weighted by atomic mass is 10.0. The van der Waals surface area contributed by atoms with E-state index in [1.807, 2.05) is 11.9 Å². The largest absolute Gasteiger partial charge is 0.344 e. The van der Waals surface area contributed by atoms with E-state index in [1.165, 1.54) is 32.1 Å². The molecule has 1 aliphatic carbocycles. The van der Waals surface area contributed by atoms with E-state index in [2.05, 4.69) is 5.32 Å². The van der Waals surface area contributed by atoms with Gasteiger partial charge in [-0.3, -0.25) is 4.79 Å². The number of piperidine rings is 1. The Morgan fingerprint density at radius 1 is 1.31 bits per heavy atom. The summed E-state index contributed by atoms with van der Waals surface area (Å²) in [5.74, 6) is 1.22. The van der Waals surface area contributed by atoms with Crippen LogP contribution in [0.2, 0.25) is 0 Å². The van der Waals surface area contributed by atoms with E-state index in [9.17, 15) is 4.79 Å². The first kappa shape index (κ1) is 13.8. The van der Waals surface area contributed by atoms with E-state index in [0.29, 0.717) is 5.91 Å². The van der Waals surface area contributed by atoms with Crippen molar-refractivity contribution in [2.75, 3.05) is 20.1 Å². The third-order valence-corrected chi connectivity index (χ3v) is 3.55. The van der Waals surface area contributed by atoms with Gasteiger partial charge in [0.05, 0.1) is 6.04 Å². The Morgan fingerprint density at radius 3 is 2.62 bits per heavy atom. The van der Waals surface area contributed by atoms with E-state index < -0.39 is 0 Å². The van der Waals surface area contributed by atoms with Gasteiger partial charge in [-0.2, -0.15) is 0 Å². The monoisotopic (exact) mass is 246 g/mol. The molecule has 4 heteroatoms. The summed E-state index contributed by atoms with van der Waals surface area (Å²) in [7, 11) is 1.95. The number of carbonyl (C=O) groups is 1. The Balaban J connectivity index is 0.00000128. The lowest BCUT2D eigenvalue weighted by molar-refractivity contribution is -0.132. The summed E-state index contributed by atoms with van der Waals surface area (Å²) in [6.07, 6.45) is 7.39. The molecule has 0 bridgehead atoms. The van der Waals surface area contributed by atoms with Crippen LogP contribution in [0, 0.1) is 5.92 Å². The molecule has 1 heterocycles. The van der Waals surface area contributed by atoms with E-state index in [1.54, 1.807) is 0 Å². The van der Waals surface area contributed by atoms with Crippen molar-refractivity contribution in [2.24, 2.45) is 5.92 Å². The van der Waals surface area contributed by atoms with Gasteiger partial charge in [0.2, 0.25) is 5.91 Å². The number of rotatable bonds is 4. The number of nitrogens with one attached hydrogen (secondary N) is 1. The van der Waals surface area contributed by atoms with Crippen molar-refractivity contribution >= 4 is 18.3 Å². The first-order valence-electron chi connectivity index (χ1n) is 6.26. The summed E-state index contributed by atoms with van der Waals surface area (Å²) in [6.45, 7) is 1.95. The molecule has 1 saturated carbocycles. The molecule has 0 aromatic heterocycles. The molecule has 3 nitrogen and oxygen atoms in total. The molecule has 94 valence electrons. The summed E-state index contributed by atoms with van der Waals surface area (Å²) < 4.78 is 0. The smallest absolute Gasteiger partial charge is 0.239 e. The van der Waals surface area contributed by atoms with Crippen molar-refractivity contribution in [3.63, 3.8) is 0 Å². The van der Waals surface area contributed by atoms with Gasteiger partial charge in [-0.25, -0.2) is 0 Å². The molecule has 0 spiro atoms. The molecule has 2 rings (SSSR count). The molecular formula is C12H23ClN2O. The minimum absolute atomic E-state index is 0. The molecule has 1 saturated heterocycles. The highest BCUT2D eigenvalue weighted by molar-refractivity contribution is 5.85. The van der Waals surface area contributed by atoms with E-state index in [0.717, 1.165) is 25.4 Å². The van der Waals surface area contributed by atoms with Gasteiger partial charge in [0.25, 0.3) is 0 Å². The first-order chi connectivity index (χ1) is 7.27. The number of carbonyl (C=O) groups excluding carboxylic acids is 1. The lowest BCUT2D eigenvalue weighted by Gasteiger charge is -2.27. The Bertz CT molecular complexity index is 225. The predicted molar refractivity (Wildman–Crippen MR) is 67.9 cm³/mol. The van der Waals surface area contributed by atoms with Crippen molar-refractivity contribution in [3.8, 4) is 0 Å². The normalized spacial score (nSPS) is 24.7. The number of hydrogen-bond acceptors (Lipinski definition) is 2.